The molecule has 20 heavy (non-hydrogen) atoms. The van der Waals surface area contributed by atoms with Gasteiger partial charge in [-0.3, -0.25) is 0 Å². The lowest BCUT2D eigenvalue weighted by molar-refractivity contribution is -0.0872. The van der Waals surface area contributed by atoms with Gasteiger partial charge in [-0.05, 0) is 27.2 Å². The molecule has 1 aromatic heterocycles. The van der Waals surface area contributed by atoms with Gasteiger partial charge in [-0.25, -0.2) is 9.78 Å². The molecule has 2 heterocycles. The Kier molecular flexibility index (Phi) is 4.65. The molecule has 112 valence electrons. The van der Waals surface area contributed by atoms with Crippen LogP contribution in [-0.4, -0.2) is 41.2 Å². The molecule has 1 fully saturated rings. The maximum Gasteiger partial charge on any atom is 0.317 e. The molecule has 1 aromatic rings. The molecule has 0 aliphatic carbocycles. The second-order valence-corrected chi connectivity index (χ2v) is 6.88. The van der Waals surface area contributed by atoms with Gasteiger partial charge >= 0.3 is 6.03 Å². The van der Waals surface area contributed by atoms with Crippen molar-refractivity contribution in [1.82, 2.24) is 15.2 Å². The maximum atomic E-state index is 12.2. The third-order valence-corrected chi connectivity index (χ3v) is 4.71. The molecule has 0 spiro atoms. The van der Waals surface area contributed by atoms with Crippen LogP contribution in [0.1, 0.15) is 35.8 Å². The lowest BCUT2D eigenvalue weighted by atomic mass is 10.0. The van der Waals surface area contributed by atoms with Gasteiger partial charge in [0.25, 0.3) is 0 Å². The summed E-state index contributed by atoms with van der Waals surface area (Å²) in [5.41, 5.74) is 0.746. The normalized spacial score (nSPS) is 22.9. The molecule has 1 aliphatic heterocycles. The SMILES string of the molecule is CC[C@]1(C)CN(C(=O)NCc2nc(C)sc2C)CCO1. The van der Waals surface area contributed by atoms with Gasteiger partial charge in [0.1, 0.15) is 0 Å². The van der Waals surface area contributed by atoms with Crippen molar-refractivity contribution in [2.45, 2.75) is 46.3 Å². The summed E-state index contributed by atoms with van der Waals surface area (Å²) in [4.78, 5) is 19.7. The molecular weight excluding hydrogens is 274 g/mol. The van der Waals surface area contributed by atoms with E-state index in [1.54, 1.807) is 11.3 Å². The summed E-state index contributed by atoms with van der Waals surface area (Å²) in [6, 6.07) is -0.0296. The van der Waals surface area contributed by atoms with Crippen LogP contribution in [0.4, 0.5) is 4.79 Å². The minimum atomic E-state index is -0.220. The van der Waals surface area contributed by atoms with Gasteiger partial charge in [0, 0.05) is 11.4 Å². The Labute approximate surface area is 124 Å². The highest BCUT2D eigenvalue weighted by Crippen LogP contribution is 2.21. The number of amides is 2. The van der Waals surface area contributed by atoms with Crippen molar-refractivity contribution in [2.24, 2.45) is 0 Å². The van der Waals surface area contributed by atoms with Crippen molar-refractivity contribution >= 4 is 17.4 Å². The number of rotatable bonds is 3. The fourth-order valence-corrected chi connectivity index (χ4v) is 3.16. The summed E-state index contributed by atoms with van der Waals surface area (Å²) in [5, 5.41) is 4.00. The lowest BCUT2D eigenvalue weighted by Crippen LogP contribution is -2.54. The Morgan fingerprint density at radius 1 is 1.55 bits per heavy atom. The number of aryl methyl sites for hydroxylation is 2. The number of carbonyl (C=O) groups excluding carboxylic acids is 1. The first-order valence-corrected chi connectivity index (χ1v) is 7.85. The highest BCUT2D eigenvalue weighted by atomic mass is 32.1. The van der Waals surface area contributed by atoms with Crippen LogP contribution in [0.15, 0.2) is 0 Å². The first-order valence-electron chi connectivity index (χ1n) is 7.03. The number of urea groups is 1. The topological polar surface area (TPSA) is 54.5 Å². The molecule has 0 unspecified atom stereocenters. The number of nitrogens with one attached hydrogen (secondary N) is 1. The molecule has 0 bridgehead atoms. The van der Waals surface area contributed by atoms with Crippen LogP contribution in [0.5, 0.6) is 0 Å². The van der Waals surface area contributed by atoms with E-state index < -0.39 is 0 Å². The molecule has 1 atom stereocenters. The van der Waals surface area contributed by atoms with Crippen LogP contribution in [0.25, 0.3) is 0 Å². The Bertz CT molecular complexity index is 489. The van der Waals surface area contributed by atoms with Crippen molar-refractivity contribution in [2.75, 3.05) is 19.7 Å². The van der Waals surface area contributed by atoms with Crippen LogP contribution in [0, 0.1) is 13.8 Å². The van der Waals surface area contributed by atoms with Crippen molar-refractivity contribution in [3.8, 4) is 0 Å². The van der Waals surface area contributed by atoms with Gasteiger partial charge < -0.3 is 15.0 Å². The second kappa shape index (κ2) is 6.10. The Morgan fingerprint density at radius 3 is 2.90 bits per heavy atom. The summed E-state index contributed by atoms with van der Waals surface area (Å²) in [6.07, 6.45) is 0.904. The molecule has 2 rings (SSSR count). The highest BCUT2D eigenvalue weighted by Gasteiger charge is 2.32. The van der Waals surface area contributed by atoms with E-state index in [1.165, 1.54) is 4.88 Å². The molecule has 0 radical (unpaired) electrons. The number of nitrogens with zero attached hydrogens (tertiary/aromatic N) is 2. The molecule has 0 saturated carbocycles. The largest absolute Gasteiger partial charge is 0.372 e. The van der Waals surface area contributed by atoms with Crippen molar-refractivity contribution < 1.29 is 9.53 Å². The third kappa shape index (κ3) is 3.49. The Hall–Kier alpha value is -1.14. The average Bonchev–Trinajstić information content (AvgIpc) is 2.74. The summed E-state index contributed by atoms with van der Waals surface area (Å²) < 4.78 is 5.75. The van der Waals surface area contributed by atoms with E-state index in [0.29, 0.717) is 26.2 Å². The Balaban J connectivity index is 1.90. The van der Waals surface area contributed by atoms with Crippen molar-refractivity contribution in [1.29, 1.82) is 0 Å². The van der Waals surface area contributed by atoms with Gasteiger partial charge in [-0.1, -0.05) is 6.92 Å². The number of morpholine rings is 1. The van der Waals surface area contributed by atoms with E-state index >= 15 is 0 Å². The van der Waals surface area contributed by atoms with E-state index in [9.17, 15) is 4.79 Å². The van der Waals surface area contributed by atoms with Crippen LogP contribution in [0.3, 0.4) is 0 Å². The summed E-state index contributed by atoms with van der Waals surface area (Å²) in [5.74, 6) is 0. The zero-order valence-electron chi connectivity index (χ0n) is 12.7. The van der Waals surface area contributed by atoms with Crippen molar-refractivity contribution in [3.63, 3.8) is 0 Å². The molecular formula is C14H23N3O2S. The number of carbonyl (C=O) groups is 1. The standard InChI is InChI=1S/C14H23N3O2S/c1-5-14(4)9-17(6-7-19-14)13(18)15-8-12-10(2)20-11(3)16-12/h5-9H2,1-4H3,(H,15,18)/t14-/m1/s1. The number of hydrogen-bond donors (Lipinski definition) is 1. The maximum absolute atomic E-state index is 12.2. The minimum Gasteiger partial charge on any atom is -0.372 e. The molecule has 5 nitrogen and oxygen atoms in total. The first-order chi connectivity index (χ1) is 9.43. The van der Waals surface area contributed by atoms with Gasteiger partial charge in [0.05, 0.1) is 36.0 Å². The van der Waals surface area contributed by atoms with E-state index in [0.717, 1.165) is 17.1 Å². The van der Waals surface area contributed by atoms with Gasteiger partial charge in [0.2, 0.25) is 0 Å². The monoisotopic (exact) mass is 297 g/mol. The molecule has 1 saturated heterocycles. The number of hydrogen-bond acceptors (Lipinski definition) is 4. The van der Waals surface area contributed by atoms with E-state index in [1.807, 2.05) is 18.7 Å². The van der Waals surface area contributed by atoms with Crippen LogP contribution in [-0.2, 0) is 11.3 Å². The summed E-state index contributed by atoms with van der Waals surface area (Å²) in [6.45, 7) is 10.6. The van der Waals surface area contributed by atoms with E-state index in [4.69, 9.17) is 4.74 Å². The molecule has 6 heteroatoms. The predicted molar refractivity (Wildman–Crippen MR) is 80.0 cm³/mol. The van der Waals surface area contributed by atoms with Gasteiger partial charge in [-0.15, -0.1) is 11.3 Å². The molecule has 2 amide bonds. The summed E-state index contributed by atoms with van der Waals surface area (Å²) in [7, 11) is 0. The Morgan fingerprint density at radius 2 is 2.30 bits per heavy atom. The summed E-state index contributed by atoms with van der Waals surface area (Å²) >= 11 is 1.66. The molecule has 0 aromatic carbocycles. The first kappa shape index (κ1) is 15.3. The van der Waals surface area contributed by atoms with E-state index in [2.05, 4.69) is 24.1 Å². The number of ether oxygens (including phenoxy) is 1. The lowest BCUT2D eigenvalue weighted by Gasteiger charge is -2.39. The fraction of sp³-hybridized carbons (Fsp3) is 0.714. The van der Waals surface area contributed by atoms with Crippen molar-refractivity contribution in [3.05, 3.63) is 15.6 Å². The second-order valence-electron chi connectivity index (χ2n) is 5.47. The van der Waals surface area contributed by atoms with E-state index in [-0.39, 0.29) is 11.6 Å². The smallest absolute Gasteiger partial charge is 0.317 e. The van der Waals surface area contributed by atoms with Gasteiger partial charge in [-0.2, -0.15) is 0 Å². The van der Waals surface area contributed by atoms with Gasteiger partial charge in [0.15, 0.2) is 0 Å². The minimum absolute atomic E-state index is 0.0296. The quantitative estimate of drug-likeness (QED) is 0.932. The number of aromatic nitrogens is 1. The molecule has 1 N–H and O–H groups in total. The predicted octanol–water partition coefficient (Wildman–Crippen LogP) is 2.47. The fourth-order valence-electron chi connectivity index (χ4n) is 2.33. The van der Waals surface area contributed by atoms with Crippen LogP contribution >= 0.6 is 11.3 Å². The zero-order valence-corrected chi connectivity index (χ0v) is 13.5. The molecule has 1 aliphatic rings. The average molecular weight is 297 g/mol. The highest BCUT2D eigenvalue weighted by molar-refractivity contribution is 7.11. The number of thiazole rings is 1. The van der Waals surface area contributed by atoms with Crippen LogP contribution < -0.4 is 5.32 Å². The third-order valence-electron chi connectivity index (χ3n) is 3.78. The van der Waals surface area contributed by atoms with Crippen LogP contribution in [0.2, 0.25) is 0 Å². The zero-order chi connectivity index (χ0) is 14.8.